The van der Waals surface area contributed by atoms with Crippen LogP contribution < -0.4 is 5.32 Å². The molecular weight excluding hydrogens is 234 g/mol. The second-order valence-electron chi connectivity index (χ2n) is 4.66. The summed E-state index contributed by atoms with van der Waals surface area (Å²) in [6.45, 7) is 0.666. The minimum atomic E-state index is -0.699. The highest BCUT2D eigenvalue weighted by molar-refractivity contribution is 5.99. The van der Waals surface area contributed by atoms with Gasteiger partial charge < -0.3 is 14.8 Å². The monoisotopic (exact) mass is 247 g/mol. The number of fused-ring (bicyclic) bond motifs is 1. The summed E-state index contributed by atoms with van der Waals surface area (Å²) in [6, 6.07) is 5.58. The minimum Gasteiger partial charge on any atom is -0.468 e. The van der Waals surface area contributed by atoms with Crippen molar-refractivity contribution in [2.75, 3.05) is 25.6 Å². The Labute approximate surface area is 104 Å². The van der Waals surface area contributed by atoms with Crippen LogP contribution >= 0.6 is 0 Å². The zero-order valence-corrected chi connectivity index (χ0v) is 9.99. The number of esters is 1. The van der Waals surface area contributed by atoms with Gasteiger partial charge in [-0.05, 0) is 17.2 Å². The minimum absolute atomic E-state index is 0.0147. The van der Waals surface area contributed by atoms with E-state index in [1.54, 1.807) is 0 Å². The summed E-state index contributed by atoms with van der Waals surface area (Å²) in [4.78, 5) is 23.2. The Morgan fingerprint density at radius 2 is 2.22 bits per heavy atom. The number of hydrogen-bond donors (Lipinski definition) is 1. The molecule has 2 aliphatic rings. The van der Waals surface area contributed by atoms with Gasteiger partial charge in [0.2, 0.25) is 5.91 Å². The first-order valence-corrected chi connectivity index (χ1v) is 5.75. The average molecular weight is 247 g/mol. The van der Waals surface area contributed by atoms with Gasteiger partial charge in [-0.2, -0.15) is 0 Å². The van der Waals surface area contributed by atoms with Crippen molar-refractivity contribution >= 4 is 17.6 Å². The first-order valence-electron chi connectivity index (χ1n) is 5.75. The molecule has 18 heavy (non-hydrogen) atoms. The van der Waals surface area contributed by atoms with Gasteiger partial charge in [-0.3, -0.25) is 9.59 Å². The van der Waals surface area contributed by atoms with Crippen LogP contribution in [0.2, 0.25) is 0 Å². The second-order valence-corrected chi connectivity index (χ2v) is 4.66. The van der Waals surface area contributed by atoms with E-state index >= 15 is 0 Å². The van der Waals surface area contributed by atoms with Gasteiger partial charge in [0.15, 0.2) is 0 Å². The van der Waals surface area contributed by atoms with Gasteiger partial charge >= 0.3 is 5.97 Å². The van der Waals surface area contributed by atoms with Crippen molar-refractivity contribution < 1.29 is 19.1 Å². The fraction of sp³-hybridized carbons (Fsp3) is 0.385. The molecule has 1 saturated heterocycles. The van der Waals surface area contributed by atoms with E-state index in [1.807, 2.05) is 18.2 Å². The summed E-state index contributed by atoms with van der Waals surface area (Å²) in [5.41, 5.74) is 1.91. The molecular formula is C13H13NO4. The fourth-order valence-electron chi connectivity index (χ4n) is 2.43. The topological polar surface area (TPSA) is 64.6 Å². The first-order chi connectivity index (χ1) is 8.65. The molecule has 2 heterocycles. The zero-order valence-electron chi connectivity index (χ0n) is 9.99. The number of anilines is 1. The third-order valence-corrected chi connectivity index (χ3v) is 3.56. The van der Waals surface area contributed by atoms with Crippen molar-refractivity contribution in [1.29, 1.82) is 0 Å². The number of rotatable bonds is 2. The summed E-state index contributed by atoms with van der Waals surface area (Å²) >= 11 is 0. The van der Waals surface area contributed by atoms with Crippen LogP contribution in [-0.4, -0.2) is 32.2 Å². The Bertz CT molecular complexity index is 534. The third-order valence-electron chi connectivity index (χ3n) is 3.56. The van der Waals surface area contributed by atoms with E-state index in [2.05, 4.69) is 5.32 Å². The van der Waals surface area contributed by atoms with Crippen molar-refractivity contribution in [2.45, 2.75) is 11.8 Å². The Hall–Kier alpha value is -1.88. The van der Waals surface area contributed by atoms with E-state index in [0.717, 1.165) is 16.8 Å². The Kier molecular flexibility index (Phi) is 2.38. The highest BCUT2D eigenvalue weighted by atomic mass is 16.5. The SMILES string of the molecule is COC(=O)C1(c2ccc3c(c2)CC(=O)N3)COC1. The molecule has 0 atom stereocenters. The third kappa shape index (κ3) is 1.44. The van der Waals surface area contributed by atoms with Gasteiger partial charge in [0.25, 0.3) is 0 Å². The molecule has 3 rings (SSSR count). The molecule has 0 aromatic heterocycles. The summed E-state index contributed by atoms with van der Waals surface area (Å²) in [7, 11) is 1.38. The number of benzene rings is 1. The van der Waals surface area contributed by atoms with Crippen LogP contribution in [-0.2, 0) is 30.9 Å². The van der Waals surface area contributed by atoms with Crippen LogP contribution in [0.4, 0.5) is 5.69 Å². The smallest absolute Gasteiger partial charge is 0.321 e. The molecule has 1 N–H and O–H groups in total. The molecule has 0 spiro atoms. The summed E-state index contributed by atoms with van der Waals surface area (Å²) in [6.07, 6.45) is 0.362. The van der Waals surface area contributed by atoms with Gasteiger partial charge in [-0.1, -0.05) is 12.1 Å². The van der Waals surface area contributed by atoms with E-state index in [4.69, 9.17) is 9.47 Å². The van der Waals surface area contributed by atoms with Crippen LogP contribution in [0, 0.1) is 0 Å². The molecule has 5 heteroatoms. The quantitative estimate of drug-likeness (QED) is 0.778. The van der Waals surface area contributed by atoms with E-state index in [-0.39, 0.29) is 11.9 Å². The maximum Gasteiger partial charge on any atom is 0.321 e. The lowest BCUT2D eigenvalue weighted by Crippen LogP contribution is -2.53. The lowest BCUT2D eigenvalue weighted by atomic mass is 9.78. The number of hydrogen-bond acceptors (Lipinski definition) is 4. The van der Waals surface area contributed by atoms with Crippen molar-refractivity contribution in [1.82, 2.24) is 0 Å². The molecule has 1 aromatic rings. The maximum atomic E-state index is 11.9. The second kappa shape index (κ2) is 3.81. The molecule has 0 aliphatic carbocycles. The Morgan fingerprint density at radius 3 is 2.83 bits per heavy atom. The van der Waals surface area contributed by atoms with Gasteiger partial charge in [-0.25, -0.2) is 0 Å². The molecule has 2 aliphatic heterocycles. The highest BCUT2D eigenvalue weighted by Crippen LogP contribution is 2.36. The van der Waals surface area contributed by atoms with Crippen LogP contribution in [0.25, 0.3) is 0 Å². The van der Waals surface area contributed by atoms with E-state index in [9.17, 15) is 9.59 Å². The van der Waals surface area contributed by atoms with Gasteiger partial charge in [0.05, 0.1) is 26.7 Å². The van der Waals surface area contributed by atoms with Gasteiger partial charge in [-0.15, -0.1) is 0 Å². The molecule has 0 radical (unpaired) electrons. The van der Waals surface area contributed by atoms with Crippen LogP contribution in [0.5, 0.6) is 0 Å². The van der Waals surface area contributed by atoms with Crippen molar-refractivity contribution in [3.05, 3.63) is 29.3 Å². The molecule has 94 valence electrons. The number of nitrogens with one attached hydrogen (secondary N) is 1. The van der Waals surface area contributed by atoms with Crippen molar-refractivity contribution in [3.63, 3.8) is 0 Å². The molecule has 1 amide bonds. The van der Waals surface area contributed by atoms with Crippen molar-refractivity contribution in [3.8, 4) is 0 Å². The number of methoxy groups -OCH3 is 1. The van der Waals surface area contributed by atoms with Crippen LogP contribution in [0.1, 0.15) is 11.1 Å². The van der Waals surface area contributed by atoms with Crippen LogP contribution in [0.3, 0.4) is 0 Å². The standard InChI is InChI=1S/C13H13NO4/c1-17-12(16)13(6-18-7-13)9-2-3-10-8(4-9)5-11(15)14-10/h2-4H,5-7H2,1H3,(H,14,15). The van der Waals surface area contributed by atoms with E-state index in [0.29, 0.717) is 19.6 Å². The Morgan fingerprint density at radius 1 is 1.44 bits per heavy atom. The highest BCUT2D eigenvalue weighted by Gasteiger charge is 2.49. The first kappa shape index (κ1) is 11.2. The largest absolute Gasteiger partial charge is 0.468 e. The zero-order chi connectivity index (χ0) is 12.8. The number of carbonyl (C=O) groups excluding carboxylic acids is 2. The molecule has 0 unspecified atom stereocenters. The summed E-state index contributed by atoms with van der Waals surface area (Å²) in [5.74, 6) is -0.301. The number of amides is 1. The molecule has 5 nitrogen and oxygen atoms in total. The normalized spacial score (nSPS) is 19.7. The fourth-order valence-corrected chi connectivity index (χ4v) is 2.43. The molecule has 1 aromatic carbocycles. The van der Waals surface area contributed by atoms with Gasteiger partial charge in [0, 0.05) is 5.69 Å². The number of ether oxygens (including phenoxy) is 2. The van der Waals surface area contributed by atoms with E-state index in [1.165, 1.54) is 7.11 Å². The number of carbonyl (C=O) groups is 2. The molecule has 1 fully saturated rings. The lowest BCUT2D eigenvalue weighted by molar-refractivity contribution is -0.166. The maximum absolute atomic E-state index is 11.9. The summed E-state index contributed by atoms with van der Waals surface area (Å²) in [5, 5.41) is 2.77. The predicted octanol–water partition coefficient (Wildman–Crippen LogP) is 0.622. The molecule has 0 saturated carbocycles. The van der Waals surface area contributed by atoms with Crippen LogP contribution in [0.15, 0.2) is 18.2 Å². The summed E-state index contributed by atoms with van der Waals surface area (Å²) < 4.78 is 10.0. The average Bonchev–Trinajstić information content (AvgIpc) is 2.66. The lowest BCUT2D eigenvalue weighted by Gasteiger charge is -2.39. The Balaban J connectivity index is 2.00. The van der Waals surface area contributed by atoms with E-state index < -0.39 is 5.41 Å². The van der Waals surface area contributed by atoms with Gasteiger partial charge in [0.1, 0.15) is 5.41 Å². The predicted molar refractivity (Wildman–Crippen MR) is 63.3 cm³/mol. The molecule has 0 bridgehead atoms. The van der Waals surface area contributed by atoms with Crippen molar-refractivity contribution in [2.24, 2.45) is 0 Å².